The van der Waals surface area contributed by atoms with Gasteiger partial charge in [0.2, 0.25) is 0 Å². The van der Waals surface area contributed by atoms with E-state index in [1.807, 2.05) is 185 Å². The van der Waals surface area contributed by atoms with Gasteiger partial charge in [0.15, 0.2) is 30.9 Å². The van der Waals surface area contributed by atoms with Crippen molar-refractivity contribution in [3.63, 3.8) is 0 Å². The summed E-state index contributed by atoms with van der Waals surface area (Å²) in [5.41, 5.74) is 5.86. The molecular formula is C70H81N2O12P. The summed E-state index contributed by atoms with van der Waals surface area (Å²) >= 11 is 0. The van der Waals surface area contributed by atoms with E-state index in [1.165, 1.54) is 0 Å². The lowest BCUT2D eigenvalue weighted by Gasteiger charge is -2.48. The number of hydrogen-bond donors (Lipinski definition) is 0. The molecular weight excluding hydrogens is 1090 g/mol. The maximum Gasteiger partial charge on any atom is 0.259 e. The average Bonchev–Trinajstić information content (AvgIpc) is 2.57. The van der Waals surface area contributed by atoms with Crippen LogP contribution in [0, 0.1) is 39.0 Å². The van der Waals surface area contributed by atoms with Gasteiger partial charge in [-0.15, -0.1) is 0 Å². The van der Waals surface area contributed by atoms with Gasteiger partial charge in [-0.25, -0.2) is 4.67 Å². The van der Waals surface area contributed by atoms with Gasteiger partial charge in [-0.05, 0) is 133 Å². The average molecular weight is 1170 g/mol. The summed E-state index contributed by atoms with van der Waals surface area (Å²) in [6, 6.07) is 62.3. The number of ether oxygens (including phenoxy) is 10. The summed E-state index contributed by atoms with van der Waals surface area (Å²) in [5, 5.41) is 9.63. The first-order valence-corrected chi connectivity index (χ1v) is 30.4. The minimum atomic E-state index is -1.75. The van der Waals surface area contributed by atoms with Crippen molar-refractivity contribution in [1.29, 1.82) is 5.26 Å². The second-order valence-corrected chi connectivity index (χ2v) is 23.6. The van der Waals surface area contributed by atoms with Gasteiger partial charge in [0.1, 0.15) is 52.7 Å². The third-order valence-electron chi connectivity index (χ3n) is 15.1. The fourth-order valence-electron chi connectivity index (χ4n) is 10.8. The van der Waals surface area contributed by atoms with Crippen LogP contribution in [0.3, 0.4) is 0 Å². The minimum absolute atomic E-state index is 0.0244. The summed E-state index contributed by atoms with van der Waals surface area (Å²) < 4.78 is 85.9. The van der Waals surface area contributed by atoms with E-state index in [9.17, 15) is 5.26 Å². The Bertz CT molecular complexity index is 3100. The van der Waals surface area contributed by atoms with Crippen LogP contribution in [0.1, 0.15) is 79.5 Å². The highest BCUT2D eigenvalue weighted by atomic mass is 31.2. The van der Waals surface area contributed by atoms with E-state index in [4.69, 9.17) is 56.4 Å². The molecule has 7 aromatic rings. The van der Waals surface area contributed by atoms with E-state index in [0.717, 1.165) is 38.9 Å². The number of methoxy groups -OCH3 is 2. The molecule has 2 fully saturated rings. The van der Waals surface area contributed by atoms with Gasteiger partial charge >= 0.3 is 0 Å². The Morgan fingerprint density at radius 2 is 0.976 bits per heavy atom. The molecule has 0 spiro atoms. The van der Waals surface area contributed by atoms with E-state index < -0.39 is 69.4 Å². The second kappa shape index (κ2) is 30.0. The molecule has 14 nitrogen and oxygen atoms in total. The number of nitrogens with zero attached hydrogens (tertiary/aromatic N) is 2. The number of hydrogen-bond acceptors (Lipinski definition) is 14. The Morgan fingerprint density at radius 1 is 0.518 bits per heavy atom. The van der Waals surface area contributed by atoms with Gasteiger partial charge in [0.05, 0.1) is 45.5 Å². The Morgan fingerprint density at radius 3 is 1.45 bits per heavy atom. The number of nitriles is 1. The molecule has 0 bridgehead atoms. The largest absolute Gasteiger partial charge is 0.497 e. The summed E-state index contributed by atoms with van der Waals surface area (Å²) in [4.78, 5) is 0. The molecule has 85 heavy (non-hydrogen) atoms. The molecule has 9 rings (SSSR count). The molecule has 1 unspecified atom stereocenters. The van der Waals surface area contributed by atoms with Crippen LogP contribution in [-0.4, -0.2) is 106 Å². The van der Waals surface area contributed by atoms with Crippen molar-refractivity contribution < 1.29 is 56.4 Å². The summed E-state index contributed by atoms with van der Waals surface area (Å²) in [7, 11) is 1.49. The van der Waals surface area contributed by atoms with Crippen molar-refractivity contribution in [2.45, 2.75) is 141 Å². The standard InChI is InChI=1S/C70H81N2O12P/c1-47(2)72(48(3)4)85(76-43-17-42-71)77-46-63-64(66(80-59-36-26-51(7)27-37-59)67(68(74-10)83-63)81-60-38-28-52(8)29-39-60)84-69-65(79-58-34-24-50(6)25-35-58)62(78-57-32-22-49(5)23-33-57)44-61(82-69)45-75-70(53-18-13-11-14-19-53,54-20-15-12-16-21-54)55-30-40-56(73-9)41-31-55/h11-16,18-41,47-48,61-69H,17,43-46H2,1-10H3/t61-,62-,63+,64+,65+,66-,67+,68+,69-,85?/m0/s1. The van der Waals surface area contributed by atoms with Crippen molar-refractivity contribution in [2.75, 3.05) is 34.0 Å². The highest BCUT2D eigenvalue weighted by molar-refractivity contribution is 7.44. The predicted octanol–water partition coefficient (Wildman–Crippen LogP) is 14.2. The van der Waals surface area contributed by atoms with Crippen LogP contribution >= 0.6 is 8.53 Å². The molecule has 2 saturated heterocycles. The lowest BCUT2D eigenvalue weighted by molar-refractivity contribution is -0.339. The summed E-state index contributed by atoms with van der Waals surface area (Å²) in [6.07, 6.45) is -7.90. The first kappa shape index (κ1) is 62.7. The third kappa shape index (κ3) is 16.0. The number of benzene rings is 7. The van der Waals surface area contributed by atoms with Gasteiger partial charge in [-0.1, -0.05) is 144 Å². The van der Waals surface area contributed by atoms with Crippen molar-refractivity contribution in [3.05, 3.63) is 221 Å². The molecule has 10 atom stereocenters. The smallest absolute Gasteiger partial charge is 0.259 e. The molecule has 0 saturated carbocycles. The van der Waals surface area contributed by atoms with E-state index in [-0.39, 0.29) is 38.3 Å². The molecule has 448 valence electrons. The van der Waals surface area contributed by atoms with E-state index in [2.05, 4.69) is 62.7 Å². The van der Waals surface area contributed by atoms with E-state index in [0.29, 0.717) is 35.2 Å². The van der Waals surface area contributed by atoms with Gasteiger partial charge in [0, 0.05) is 25.6 Å². The molecule has 0 aromatic heterocycles. The summed E-state index contributed by atoms with van der Waals surface area (Å²) in [6.45, 7) is 16.7. The topological polar surface area (TPSA) is 138 Å². The normalized spacial score (nSPS) is 22.0. The molecule has 2 heterocycles. The second-order valence-electron chi connectivity index (χ2n) is 22.2. The fraction of sp³-hybridized carbons (Fsp3) is 0.386. The highest BCUT2D eigenvalue weighted by Crippen LogP contribution is 2.48. The van der Waals surface area contributed by atoms with Crippen LogP contribution in [0.4, 0.5) is 0 Å². The third-order valence-corrected chi connectivity index (χ3v) is 17.2. The van der Waals surface area contributed by atoms with Crippen LogP contribution < -0.4 is 23.7 Å². The quantitative estimate of drug-likeness (QED) is 0.0274. The minimum Gasteiger partial charge on any atom is -0.497 e. The monoisotopic (exact) mass is 1170 g/mol. The van der Waals surface area contributed by atoms with Gasteiger partial charge in [-0.3, -0.25) is 0 Å². The summed E-state index contributed by atoms with van der Waals surface area (Å²) in [5.74, 6) is 3.07. The Hall–Kier alpha value is -6.86. The van der Waals surface area contributed by atoms with Crippen LogP contribution in [0.25, 0.3) is 0 Å². The molecule has 15 heteroatoms. The van der Waals surface area contributed by atoms with Crippen LogP contribution in [0.2, 0.25) is 0 Å². The maximum atomic E-state index is 9.63. The molecule has 0 radical (unpaired) electrons. The zero-order valence-electron chi connectivity index (χ0n) is 50.4. The van der Waals surface area contributed by atoms with Crippen LogP contribution in [0.5, 0.6) is 28.7 Å². The molecule has 7 aromatic carbocycles. The van der Waals surface area contributed by atoms with Crippen molar-refractivity contribution in [2.24, 2.45) is 0 Å². The van der Waals surface area contributed by atoms with Gasteiger partial charge < -0.3 is 56.4 Å². The highest BCUT2D eigenvalue weighted by Gasteiger charge is 2.55. The lowest BCUT2D eigenvalue weighted by atomic mass is 9.80. The lowest BCUT2D eigenvalue weighted by Crippen LogP contribution is -2.66. The Balaban J connectivity index is 1.19. The van der Waals surface area contributed by atoms with Crippen molar-refractivity contribution in [1.82, 2.24) is 4.67 Å². The predicted molar refractivity (Wildman–Crippen MR) is 329 cm³/mol. The number of rotatable bonds is 27. The van der Waals surface area contributed by atoms with Crippen LogP contribution in [0.15, 0.2) is 182 Å². The van der Waals surface area contributed by atoms with E-state index in [1.54, 1.807) is 14.2 Å². The maximum absolute atomic E-state index is 9.63. The Labute approximate surface area is 503 Å². The Kier molecular flexibility index (Phi) is 22.1. The van der Waals surface area contributed by atoms with Crippen molar-refractivity contribution in [3.8, 4) is 34.8 Å². The zero-order chi connectivity index (χ0) is 59.9. The van der Waals surface area contributed by atoms with Crippen LogP contribution in [-0.2, 0) is 38.3 Å². The van der Waals surface area contributed by atoms with Crippen molar-refractivity contribution >= 4 is 8.53 Å². The van der Waals surface area contributed by atoms with E-state index >= 15 is 0 Å². The zero-order valence-corrected chi connectivity index (χ0v) is 51.3. The molecule has 2 aliphatic heterocycles. The SMILES string of the molecule is COc1ccc(C(OC[C@@H]2C[C@H](Oc3ccc(C)cc3)[C@@H](Oc3ccc(C)cc3)[C@H](O[C@H]3[C@H](Oc4ccc(C)cc4)[C@@H](Oc4ccc(C)cc4)[C@H](OC)O[C@@H]3COP(OCCC#N)N(C(C)C)C(C)C)O2)(c2ccccc2)c2ccccc2)cc1. The number of aryl methyl sites for hydroxylation is 4. The first-order valence-electron chi connectivity index (χ1n) is 29.3. The fourth-order valence-corrected chi connectivity index (χ4v) is 12.5. The first-order chi connectivity index (χ1) is 41.2. The molecule has 0 amide bonds. The molecule has 0 aliphatic carbocycles. The molecule has 0 N–H and O–H groups in total. The van der Waals surface area contributed by atoms with Gasteiger partial charge in [-0.2, -0.15) is 5.26 Å². The molecule has 2 aliphatic rings. The van der Waals surface area contributed by atoms with Gasteiger partial charge in [0.25, 0.3) is 8.53 Å².